The first-order valence-corrected chi connectivity index (χ1v) is 7.03. The van der Waals surface area contributed by atoms with E-state index in [2.05, 4.69) is 44.3 Å². The van der Waals surface area contributed by atoms with Crippen molar-refractivity contribution >= 4 is 11.7 Å². The van der Waals surface area contributed by atoms with Crippen LogP contribution in [0.3, 0.4) is 0 Å². The Morgan fingerprint density at radius 1 is 1.10 bits per heavy atom. The number of hydrogen-bond donors (Lipinski definition) is 1. The molecule has 2 rings (SSSR count). The molecule has 2 aromatic carbocycles. The second kappa shape index (κ2) is 6.44. The molecule has 0 saturated carbocycles. The van der Waals surface area contributed by atoms with E-state index in [0.717, 1.165) is 5.69 Å². The van der Waals surface area contributed by atoms with Crippen LogP contribution in [-0.4, -0.2) is 13.1 Å². The number of methoxy groups -OCH3 is 1. The van der Waals surface area contributed by atoms with Crippen molar-refractivity contribution in [3.63, 3.8) is 0 Å². The van der Waals surface area contributed by atoms with Gasteiger partial charge in [-0.15, -0.1) is 0 Å². The number of esters is 1. The average molecular weight is 283 g/mol. The molecule has 0 aliphatic carbocycles. The fraction of sp³-hybridized carbons (Fsp3) is 0.278. The number of ether oxygens (including phenoxy) is 1. The van der Waals surface area contributed by atoms with Crippen LogP contribution in [0.2, 0.25) is 0 Å². The number of carbonyl (C=O) groups excluding carboxylic acids is 1. The molecule has 1 N–H and O–H groups in total. The van der Waals surface area contributed by atoms with Gasteiger partial charge in [-0.25, -0.2) is 4.79 Å². The van der Waals surface area contributed by atoms with Gasteiger partial charge < -0.3 is 10.1 Å². The third kappa shape index (κ3) is 3.63. The van der Waals surface area contributed by atoms with E-state index in [1.165, 1.54) is 23.8 Å². The van der Waals surface area contributed by atoms with Crippen molar-refractivity contribution in [2.75, 3.05) is 12.4 Å². The normalized spacial score (nSPS) is 11.8. The van der Waals surface area contributed by atoms with Crippen LogP contribution in [0.5, 0.6) is 0 Å². The van der Waals surface area contributed by atoms with Gasteiger partial charge in [0.1, 0.15) is 0 Å². The summed E-state index contributed by atoms with van der Waals surface area (Å²) in [6.07, 6.45) is 0. The van der Waals surface area contributed by atoms with Crippen LogP contribution in [0, 0.1) is 13.8 Å². The topological polar surface area (TPSA) is 38.3 Å². The van der Waals surface area contributed by atoms with Crippen molar-refractivity contribution in [3.8, 4) is 0 Å². The molecule has 0 spiro atoms. The summed E-state index contributed by atoms with van der Waals surface area (Å²) in [6.45, 7) is 6.26. The van der Waals surface area contributed by atoms with Crippen molar-refractivity contribution in [2.24, 2.45) is 0 Å². The van der Waals surface area contributed by atoms with Gasteiger partial charge in [0.15, 0.2) is 0 Å². The van der Waals surface area contributed by atoms with Crippen molar-refractivity contribution in [2.45, 2.75) is 26.8 Å². The van der Waals surface area contributed by atoms with E-state index in [9.17, 15) is 4.79 Å². The largest absolute Gasteiger partial charge is 0.465 e. The van der Waals surface area contributed by atoms with E-state index in [4.69, 9.17) is 4.74 Å². The second-order valence-electron chi connectivity index (χ2n) is 5.32. The Balaban J connectivity index is 2.27. The maximum Gasteiger partial charge on any atom is 0.339 e. The first-order valence-electron chi connectivity index (χ1n) is 7.03. The Kier molecular flexibility index (Phi) is 4.63. The number of aryl methyl sites for hydroxylation is 2. The predicted molar refractivity (Wildman–Crippen MR) is 85.7 cm³/mol. The maximum atomic E-state index is 11.8. The zero-order valence-corrected chi connectivity index (χ0v) is 12.9. The van der Waals surface area contributed by atoms with Crippen LogP contribution in [0.25, 0.3) is 0 Å². The van der Waals surface area contributed by atoms with Gasteiger partial charge in [0.05, 0.1) is 12.7 Å². The zero-order chi connectivity index (χ0) is 15.4. The molecule has 0 fully saturated rings. The van der Waals surface area contributed by atoms with Crippen molar-refractivity contribution in [1.29, 1.82) is 0 Å². The third-order valence-corrected chi connectivity index (χ3v) is 3.45. The molecule has 3 heteroatoms. The lowest BCUT2D eigenvalue weighted by molar-refractivity contribution is 0.0602. The molecule has 2 aromatic rings. The number of anilines is 1. The van der Waals surface area contributed by atoms with Crippen LogP contribution in [-0.2, 0) is 4.74 Å². The first kappa shape index (κ1) is 15.1. The maximum absolute atomic E-state index is 11.8. The van der Waals surface area contributed by atoms with Gasteiger partial charge in [0, 0.05) is 11.7 Å². The predicted octanol–water partition coefficient (Wildman–Crippen LogP) is 4.26. The van der Waals surface area contributed by atoms with Crippen molar-refractivity contribution in [3.05, 3.63) is 64.7 Å². The quantitative estimate of drug-likeness (QED) is 0.852. The SMILES string of the molecule is COC(=O)c1ccccc1NC(C)c1cc(C)cc(C)c1. The minimum atomic E-state index is -0.328. The molecular weight excluding hydrogens is 262 g/mol. The van der Waals surface area contributed by atoms with Gasteiger partial charge in [-0.3, -0.25) is 0 Å². The van der Waals surface area contributed by atoms with E-state index >= 15 is 0 Å². The number of nitrogens with one attached hydrogen (secondary N) is 1. The molecule has 0 bridgehead atoms. The minimum Gasteiger partial charge on any atom is -0.465 e. The minimum absolute atomic E-state index is 0.106. The Morgan fingerprint density at radius 2 is 1.71 bits per heavy atom. The highest BCUT2D eigenvalue weighted by atomic mass is 16.5. The molecule has 0 saturated heterocycles. The molecule has 21 heavy (non-hydrogen) atoms. The first-order chi connectivity index (χ1) is 10.0. The highest BCUT2D eigenvalue weighted by Gasteiger charge is 2.13. The highest BCUT2D eigenvalue weighted by molar-refractivity contribution is 5.95. The van der Waals surface area contributed by atoms with Crippen molar-refractivity contribution < 1.29 is 9.53 Å². The Hall–Kier alpha value is -2.29. The van der Waals surface area contributed by atoms with Gasteiger partial charge in [0.2, 0.25) is 0 Å². The molecule has 0 radical (unpaired) electrons. The van der Waals surface area contributed by atoms with Gasteiger partial charge in [-0.05, 0) is 38.5 Å². The fourth-order valence-electron chi connectivity index (χ4n) is 2.47. The zero-order valence-electron chi connectivity index (χ0n) is 12.9. The van der Waals surface area contributed by atoms with E-state index < -0.39 is 0 Å². The van der Waals surface area contributed by atoms with Crippen LogP contribution < -0.4 is 5.32 Å². The van der Waals surface area contributed by atoms with Crippen LogP contribution in [0.4, 0.5) is 5.69 Å². The summed E-state index contributed by atoms with van der Waals surface area (Å²) in [6, 6.07) is 14.0. The van der Waals surface area contributed by atoms with Crippen molar-refractivity contribution in [1.82, 2.24) is 0 Å². The van der Waals surface area contributed by atoms with Gasteiger partial charge in [-0.1, -0.05) is 41.5 Å². The Labute approximate surface area is 126 Å². The smallest absolute Gasteiger partial charge is 0.339 e. The Bertz CT molecular complexity index is 629. The molecular formula is C18H21NO2. The lowest BCUT2D eigenvalue weighted by Gasteiger charge is -2.18. The molecule has 0 aliphatic heterocycles. The summed E-state index contributed by atoms with van der Waals surface area (Å²) in [5.74, 6) is -0.328. The lowest BCUT2D eigenvalue weighted by Crippen LogP contribution is -2.12. The molecule has 1 atom stereocenters. The van der Waals surface area contributed by atoms with Crippen LogP contribution in [0.1, 0.15) is 40.0 Å². The standard InChI is InChI=1S/C18H21NO2/c1-12-9-13(2)11-15(10-12)14(3)19-17-8-6-5-7-16(17)18(20)21-4/h5-11,14,19H,1-4H3. The monoisotopic (exact) mass is 283 g/mol. The van der Waals surface area contributed by atoms with E-state index in [1.807, 2.05) is 18.2 Å². The summed E-state index contributed by atoms with van der Waals surface area (Å²) in [5.41, 5.74) is 5.01. The number of carbonyl (C=O) groups is 1. The molecule has 110 valence electrons. The molecule has 0 heterocycles. The summed E-state index contributed by atoms with van der Waals surface area (Å²) in [4.78, 5) is 11.8. The summed E-state index contributed by atoms with van der Waals surface area (Å²) >= 11 is 0. The molecule has 0 amide bonds. The average Bonchev–Trinajstić information content (AvgIpc) is 2.46. The third-order valence-electron chi connectivity index (χ3n) is 3.45. The number of benzene rings is 2. The van der Waals surface area contributed by atoms with Gasteiger partial charge in [-0.2, -0.15) is 0 Å². The molecule has 1 unspecified atom stereocenters. The summed E-state index contributed by atoms with van der Waals surface area (Å²) in [7, 11) is 1.40. The molecule has 3 nitrogen and oxygen atoms in total. The molecule has 0 aromatic heterocycles. The molecule has 0 aliphatic rings. The number of hydrogen-bond acceptors (Lipinski definition) is 3. The lowest BCUT2D eigenvalue weighted by atomic mass is 10.0. The summed E-state index contributed by atoms with van der Waals surface area (Å²) in [5, 5.41) is 3.40. The number of rotatable bonds is 4. The second-order valence-corrected chi connectivity index (χ2v) is 5.32. The van der Waals surface area contributed by atoms with Crippen LogP contribution in [0.15, 0.2) is 42.5 Å². The van der Waals surface area contributed by atoms with E-state index in [0.29, 0.717) is 5.56 Å². The van der Waals surface area contributed by atoms with E-state index in [-0.39, 0.29) is 12.0 Å². The Morgan fingerprint density at radius 3 is 2.33 bits per heavy atom. The van der Waals surface area contributed by atoms with E-state index in [1.54, 1.807) is 6.07 Å². The number of para-hydroxylation sites is 1. The van der Waals surface area contributed by atoms with Gasteiger partial charge in [0.25, 0.3) is 0 Å². The highest BCUT2D eigenvalue weighted by Crippen LogP contribution is 2.24. The fourth-order valence-corrected chi connectivity index (χ4v) is 2.47. The van der Waals surface area contributed by atoms with Gasteiger partial charge >= 0.3 is 5.97 Å². The summed E-state index contributed by atoms with van der Waals surface area (Å²) < 4.78 is 4.82. The van der Waals surface area contributed by atoms with Crippen LogP contribution >= 0.6 is 0 Å².